The van der Waals surface area contributed by atoms with Gasteiger partial charge in [-0.25, -0.2) is 13.1 Å². The maximum Gasteiger partial charge on any atom is 0.215 e. The standard InChI is InChI=1S/C19H27NO2S/c21-23(22,14-15-4-2-1-3-5-15)20-7-6-19-11-16-8-17(12-19)10-18(9-16)13-19/h1-5,16-18,20H,6-14H2. The smallest absolute Gasteiger partial charge is 0.215 e. The molecular weight excluding hydrogens is 306 g/mol. The molecule has 0 saturated heterocycles. The van der Waals surface area contributed by atoms with Crippen molar-refractivity contribution in [3.63, 3.8) is 0 Å². The van der Waals surface area contributed by atoms with E-state index < -0.39 is 10.0 Å². The summed E-state index contributed by atoms with van der Waals surface area (Å²) in [5, 5.41) is 0. The summed E-state index contributed by atoms with van der Waals surface area (Å²) < 4.78 is 27.4. The molecule has 0 heterocycles. The third-order valence-corrected chi connectivity index (χ3v) is 7.70. The van der Waals surface area contributed by atoms with E-state index >= 15 is 0 Å². The molecule has 0 atom stereocenters. The molecule has 0 amide bonds. The van der Waals surface area contributed by atoms with Crippen molar-refractivity contribution in [2.75, 3.05) is 6.54 Å². The van der Waals surface area contributed by atoms with Crippen molar-refractivity contribution in [3.8, 4) is 0 Å². The number of sulfonamides is 1. The molecule has 0 spiro atoms. The second-order valence-electron chi connectivity index (χ2n) is 8.31. The van der Waals surface area contributed by atoms with Crippen LogP contribution in [0.25, 0.3) is 0 Å². The van der Waals surface area contributed by atoms with Crippen LogP contribution in [0.1, 0.15) is 50.5 Å². The minimum atomic E-state index is -3.22. The van der Waals surface area contributed by atoms with Gasteiger partial charge in [0.15, 0.2) is 0 Å². The molecule has 0 aromatic heterocycles. The highest BCUT2D eigenvalue weighted by atomic mass is 32.2. The monoisotopic (exact) mass is 333 g/mol. The minimum Gasteiger partial charge on any atom is -0.215 e. The van der Waals surface area contributed by atoms with Gasteiger partial charge in [-0.2, -0.15) is 0 Å². The Morgan fingerprint density at radius 3 is 2.09 bits per heavy atom. The number of hydrogen-bond acceptors (Lipinski definition) is 2. The Balaban J connectivity index is 1.33. The predicted molar refractivity (Wildman–Crippen MR) is 92.3 cm³/mol. The summed E-state index contributed by atoms with van der Waals surface area (Å²) >= 11 is 0. The summed E-state index contributed by atoms with van der Waals surface area (Å²) in [4.78, 5) is 0. The minimum absolute atomic E-state index is 0.0920. The van der Waals surface area contributed by atoms with Crippen LogP contribution < -0.4 is 4.72 Å². The molecule has 0 aliphatic heterocycles. The van der Waals surface area contributed by atoms with Crippen LogP contribution in [0.15, 0.2) is 30.3 Å². The van der Waals surface area contributed by atoms with Crippen LogP contribution in [0.2, 0.25) is 0 Å². The highest BCUT2D eigenvalue weighted by molar-refractivity contribution is 7.88. The van der Waals surface area contributed by atoms with Gasteiger partial charge in [-0.1, -0.05) is 30.3 Å². The first-order valence-electron chi connectivity index (χ1n) is 9.03. The zero-order chi connectivity index (χ0) is 15.9. The lowest BCUT2D eigenvalue weighted by Crippen LogP contribution is -2.47. The summed E-state index contributed by atoms with van der Waals surface area (Å²) in [6, 6.07) is 9.44. The summed E-state index contributed by atoms with van der Waals surface area (Å²) in [7, 11) is -3.22. The van der Waals surface area contributed by atoms with E-state index in [2.05, 4.69) is 4.72 Å². The summed E-state index contributed by atoms with van der Waals surface area (Å²) in [5.74, 6) is 2.89. The van der Waals surface area contributed by atoms with Crippen molar-refractivity contribution in [1.82, 2.24) is 4.72 Å². The van der Waals surface area contributed by atoms with Crippen LogP contribution in [-0.4, -0.2) is 15.0 Å². The predicted octanol–water partition coefficient (Wildman–Crippen LogP) is 3.71. The lowest BCUT2D eigenvalue weighted by molar-refractivity contribution is -0.0561. The number of hydrogen-bond donors (Lipinski definition) is 1. The molecule has 4 aliphatic rings. The van der Waals surface area contributed by atoms with Crippen LogP contribution in [0.3, 0.4) is 0 Å². The Morgan fingerprint density at radius 1 is 0.957 bits per heavy atom. The molecule has 4 heteroatoms. The molecule has 1 aromatic rings. The van der Waals surface area contributed by atoms with Gasteiger partial charge in [0.25, 0.3) is 0 Å². The van der Waals surface area contributed by atoms with E-state index in [1.165, 1.54) is 38.5 Å². The molecule has 1 N–H and O–H groups in total. The first-order chi connectivity index (χ1) is 11.0. The van der Waals surface area contributed by atoms with Crippen molar-refractivity contribution in [1.29, 1.82) is 0 Å². The third kappa shape index (κ3) is 3.48. The number of rotatable bonds is 6. The fourth-order valence-corrected chi connectivity index (χ4v) is 7.06. The van der Waals surface area contributed by atoms with Crippen LogP contribution >= 0.6 is 0 Å². The molecule has 23 heavy (non-hydrogen) atoms. The number of benzene rings is 1. The van der Waals surface area contributed by atoms with E-state index in [1.54, 1.807) is 0 Å². The molecule has 4 bridgehead atoms. The number of nitrogens with one attached hydrogen (secondary N) is 1. The highest BCUT2D eigenvalue weighted by Gasteiger charge is 2.50. The van der Waals surface area contributed by atoms with Gasteiger partial charge in [0.1, 0.15) is 0 Å². The van der Waals surface area contributed by atoms with Crippen molar-refractivity contribution in [3.05, 3.63) is 35.9 Å². The fraction of sp³-hybridized carbons (Fsp3) is 0.684. The second-order valence-corrected chi connectivity index (χ2v) is 10.1. The van der Waals surface area contributed by atoms with E-state index in [9.17, 15) is 8.42 Å². The largest absolute Gasteiger partial charge is 0.215 e. The topological polar surface area (TPSA) is 46.2 Å². The zero-order valence-corrected chi connectivity index (χ0v) is 14.5. The van der Waals surface area contributed by atoms with Gasteiger partial charge in [-0.15, -0.1) is 0 Å². The van der Waals surface area contributed by atoms with Crippen molar-refractivity contribution >= 4 is 10.0 Å². The van der Waals surface area contributed by atoms with Crippen LogP contribution in [0.4, 0.5) is 0 Å². The third-order valence-electron chi connectivity index (χ3n) is 6.34. The Hall–Kier alpha value is -0.870. The Morgan fingerprint density at radius 2 is 1.52 bits per heavy atom. The maximum atomic E-state index is 12.3. The van der Waals surface area contributed by atoms with Gasteiger partial charge in [0.05, 0.1) is 5.75 Å². The average molecular weight is 333 g/mol. The fourth-order valence-electron chi connectivity index (χ4n) is 5.91. The van der Waals surface area contributed by atoms with Crippen LogP contribution in [-0.2, 0) is 15.8 Å². The summed E-state index contributed by atoms with van der Waals surface area (Å²) in [5.41, 5.74) is 1.30. The normalized spacial score (nSPS) is 35.6. The summed E-state index contributed by atoms with van der Waals surface area (Å²) in [6.07, 6.45) is 9.40. The van der Waals surface area contributed by atoms with E-state index in [0.717, 1.165) is 29.7 Å². The quantitative estimate of drug-likeness (QED) is 0.862. The van der Waals surface area contributed by atoms with Crippen molar-refractivity contribution < 1.29 is 8.42 Å². The molecule has 4 saturated carbocycles. The van der Waals surface area contributed by atoms with Gasteiger partial charge in [0.2, 0.25) is 10.0 Å². The zero-order valence-electron chi connectivity index (χ0n) is 13.7. The Labute approximate surface area is 139 Å². The van der Waals surface area contributed by atoms with E-state index in [4.69, 9.17) is 0 Å². The van der Waals surface area contributed by atoms with Gasteiger partial charge in [-0.05, 0) is 73.7 Å². The van der Waals surface area contributed by atoms with Crippen molar-refractivity contribution in [2.24, 2.45) is 23.2 Å². The Bertz CT molecular complexity index is 618. The van der Waals surface area contributed by atoms with Crippen molar-refractivity contribution in [2.45, 2.75) is 50.7 Å². The highest BCUT2D eigenvalue weighted by Crippen LogP contribution is 2.61. The molecule has 4 fully saturated rings. The van der Waals surface area contributed by atoms with Gasteiger partial charge < -0.3 is 0 Å². The van der Waals surface area contributed by atoms with Crippen LogP contribution in [0.5, 0.6) is 0 Å². The first-order valence-corrected chi connectivity index (χ1v) is 10.7. The lowest BCUT2D eigenvalue weighted by Gasteiger charge is -2.57. The van der Waals surface area contributed by atoms with E-state index in [-0.39, 0.29) is 5.75 Å². The lowest BCUT2D eigenvalue weighted by atomic mass is 9.49. The molecule has 4 aliphatic carbocycles. The average Bonchev–Trinajstić information content (AvgIpc) is 2.45. The Kier molecular flexibility index (Phi) is 4.01. The first kappa shape index (κ1) is 15.6. The van der Waals surface area contributed by atoms with Gasteiger partial charge in [-0.3, -0.25) is 0 Å². The SMILES string of the molecule is O=S(=O)(Cc1ccccc1)NCCC12CC3CC(CC(C3)C1)C2. The molecule has 1 aromatic carbocycles. The van der Waals surface area contributed by atoms with E-state index in [0.29, 0.717) is 12.0 Å². The maximum absolute atomic E-state index is 12.3. The molecule has 0 radical (unpaired) electrons. The van der Waals surface area contributed by atoms with Crippen LogP contribution in [0, 0.1) is 23.2 Å². The molecular formula is C19H27NO2S. The molecule has 0 unspecified atom stereocenters. The summed E-state index contributed by atoms with van der Waals surface area (Å²) in [6.45, 7) is 0.612. The molecule has 5 rings (SSSR count). The van der Waals surface area contributed by atoms with Gasteiger partial charge >= 0.3 is 0 Å². The molecule has 126 valence electrons. The second kappa shape index (κ2) is 5.89. The molecule has 3 nitrogen and oxygen atoms in total. The van der Waals surface area contributed by atoms with Gasteiger partial charge in [0, 0.05) is 6.54 Å². The van der Waals surface area contributed by atoms with E-state index in [1.807, 2.05) is 30.3 Å².